The lowest BCUT2D eigenvalue weighted by molar-refractivity contribution is 0.132. The molecule has 1 N–H and O–H groups in total. The zero-order valence-corrected chi connectivity index (χ0v) is 7.33. The van der Waals surface area contributed by atoms with Crippen molar-refractivity contribution in [3.8, 4) is 0 Å². The summed E-state index contributed by atoms with van der Waals surface area (Å²) < 4.78 is 14.6. The normalized spacial score (nSPS) is 14.0. The summed E-state index contributed by atoms with van der Waals surface area (Å²) in [5, 5.41) is 0. The van der Waals surface area contributed by atoms with Gasteiger partial charge in [0.05, 0.1) is 0 Å². The van der Waals surface area contributed by atoms with E-state index in [0.29, 0.717) is 0 Å². The Morgan fingerprint density at radius 2 is 2.00 bits per heavy atom. The van der Waals surface area contributed by atoms with Gasteiger partial charge in [-0.15, -0.1) is 0 Å². The van der Waals surface area contributed by atoms with Gasteiger partial charge < -0.3 is 4.89 Å². The molecular formula is C5H14NO3P. The number of hydrogen-bond acceptors (Lipinski definition) is 3. The van der Waals surface area contributed by atoms with Crippen LogP contribution in [0.15, 0.2) is 0 Å². The van der Waals surface area contributed by atoms with Crippen LogP contribution in [0, 0.1) is 0 Å². The monoisotopic (exact) mass is 167 g/mol. The zero-order chi connectivity index (χ0) is 7.98. The van der Waals surface area contributed by atoms with Gasteiger partial charge in [0.1, 0.15) is 6.73 Å². The summed E-state index contributed by atoms with van der Waals surface area (Å²) >= 11 is 0. The minimum atomic E-state index is -2.74. The van der Waals surface area contributed by atoms with Gasteiger partial charge in [-0.05, 0) is 13.1 Å². The summed E-state index contributed by atoms with van der Waals surface area (Å²) in [7, 11) is -2.74. The van der Waals surface area contributed by atoms with Crippen LogP contribution in [0.4, 0.5) is 0 Å². The molecular weight excluding hydrogens is 153 g/mol. The molecule has 0 saturated carbocycles. The molecule has 1 atom stereocenters. The highest BCUT2D eigenvalue weighted by Gasteiger charge is 1.98. The second-order valence-electron chi connectivity index (χ2n) is 1.84. The second kappa shape index (κ2) is 5.86. The van der Waals surface area contributed by atoms with Crippen molar-refractivity contribution in [1.29, 1.82) is 0 Å². The van der Waals surface area contributed by atoms with Crippen LogP contribution in [0.25, 0.3) is 0 Å². The van der Waals surface area contributed by atoms with E-state index in [9.17, 15) is 4.57 Å². The SMILES string of the molecule is CCN(CC)CO[PH](=O)O. The quantitative estimate of drug-likeness (QED) is 0.483. The Labute approximate surface area is 61.7 Å². The maximum Gasteiger partial charge on any atom is 0.317 e. The maximum atomic E-state index is 10.1. The Hall–Kier alpha value is 0.110. The summed E-state index contributed by atoms with van der Waals surface area (Å²) in [6, 6.07) is 0. The summed E-state index contributed by atoms with van der Waals surface area (Å²) in [6.45, 7) is 5.88. The Bertz CT molecular complexity index is 105. The van der Waals surface area contributed by atoms with Crippen molar-refractivity contribution < 1.29 is 14.0 Å². The lowest BCUT2D eigenvalue weighted by Crippen LogP contribution is -2.24. The number of hydrogen-bond donors (Lipinski definition) is 1. The predicted molar refractivity (Wildman–Crippen MR) is 40.1 cm³/mol. The van der Waals surface area contributed by atoms with Crippen LogP contribution in [-0.2, 0) is 9.09 Å². The van der Waals surface area contributed by atoms with E-state index in [4.69, 9.17) is 4.89 Å². The molecule has 1 unspecified atom stereocenters. The van der Waals surface area contributed by atoms with E-state index in [1.165, 1.54) is 0 Å². The van der Waals surface area contributed by atoms with E-state index in [0.717, 1.165) is 13.1 Å². The topological polar surface area (TPSA) is 49.8 Å². The molecule has 0 aliphatic rings. The molecule has 0 fully saturated rings. The van der Waals surface area contributed by atoms with E-state index < -0.39 is 8.25 Å². The van der Waals surface area contributed by atoms with Gasteiger partial charge in [-0.25, -0.2) is 0 Å². The molecule has 10 heavy (non-hydrogen) atoms. The standard InChI is InChI=1S/C5H14NO3P/c1-3-6(4-2)5-9-10(7)8/h10H,3-5H2,1-2H3,(H,7,8). The van der Waals surface area contributed by atoms with Crippen molar-refractivity contribution in [2.45, 2.75) is 13.8 Å². The molecule has 4 nitrogen and oxygen atoms in total. The molecule has 0 radical (unpaired) electrons. The molecule has 0 saturated heterocycles. The first-order valence-electron chi connectivity index (χ1n) is 3.28. The first kappa shape index (κ1) is 10.1. The maximum absolute atomic E-state index is 10.1. The Balaban J connectivity index is 3.34. The van der Waals surface area contributed by atoms with Crippen LogP contribution in [0.3, 0.4) is 0 Å². The molecule has 0 spiro atoms. The highest BCUT2D eigenvalue weighted by atomic mass is 31.1. The molecule has 0 aromatic carbocycles. The van der Waals surface area contributed by atoms with Crippen molar-refractivity contribution in [3.63, 3.8) is 0 Å². The molecule has 0 bridgehead atoms. The van der Waals surface area contributed by atoms with Crippen molar-refractivity contribution in [2.24, 2.45) is 0 Å². The fourth-order valence-electron chi connectivity index (χ4n) is 0.553. The molecule has 0 aromatic heterocycles. The molecule has 0 heterocycles. The molecule has 62 valence electrons. The largest absolute Gasteiger partial charge is 0.326 e. The Morgan fingerprint density at radius 3 is 2.30 bits per heavy atom. The third-order valence-corrected chi connectivity index (χ3v) is 1.64. The predicted octanol–water partition coefficient (Wildman–Crippen LogP) is 0.684. The Kier molecular flexibility index (Phi) is 5.93. The van der Waals surface area contributed by atoms with Crippen LogP contribution in [0.1, 0.15) is 13.8 Å². The van der Waals surface area contributed by atoms with Gasteiger partial charge in [0.2, 0.25) is 0 Å². The van der Waals surface area contributed by atoms with Crippen molar-refractivity contribution in [3.05, 3.63) is 0 Å². The van der Waals surface area contributed by atoms with Gasteiger partial charge in [0.15, 0.2) is 0 Å². The summed E-state index contributed by atoms with van der Waals surface area (Å²) in [5.41, 5.74) is 0. The third kappa shape index (κ3) is 4.94. The van der Waals surface area contributed by atoms with E-state index in [-0.39, 0.29) is 6.73 Å². The average molecular weight is 167 g/mol. The van der Waals surface area contributed by atoms with E-state index >= 15 is 0 Å². The molecule has 5 heteroatoms. The minimum absolute atomic E-state index is 0.251. The van der Waals surface area contributed by atoms with Gasteiger partial charge >= 0.3 is 8.25 Å². The second-order valence-corrected chi connectivity index (χ2v) is 2.66. The van der Waals surface area contributed by atoms with Crippen LogP contribution in [0.2, 0.25) is 0 Å². The van der Waals surface area contributed by atoms with Crippen LogP contribution >= 0.6 is 8.25 Å². The van der Waals surface area contributed by atoms with Crippen molar-refractivity contribution in [2.75, 3.05) is 19.8 Å². The zero-order valence-electron chi connectivity index (χ0n) is 6.33. The first-order valence-corrected chi connectivity index (χ1v) is 4.55. The Morgan fingerprint density at radius 1 is 1.50 bits per heavy atom. The number of rotatable bonds is 5. The lowest BCUT2D eigenvalue weighted by atomic mass is 10.6. The highest BCUT2D eigenvalue weighted by molar-refractivity contribution is 7.32. The molecule has 0 aliphatic carbocycles. The molecule has 0 amide bonds. The van der Waals surface area contributed by atoms with Crippen molar-refractivity contribution in [1.82, 2.24) is 4.90 Å². The summed E-state index contributed by atoms with van der Waals surface area (Å²) in [4.78, 5) is 10.2. The molecule has 0 aliphatic heterocycles. The fraction of sp³-hybridized carbons (Fsp3) is 1.00. The van der Waals surface area contributed by atoms with Crippen LogP contribution in [-0.4, -0.2) is 29.6 Å². The summed E-state index contributed by atoms with van der Waals surface area (Å²) in [6.07, 6.45) is 0. The van der Waals surface area contributed by atoms with Crippen molar-refractivity contribution >= 4 is 8.25 Å². The number of nitrogens with zero attached hydrogens (tertiary/aromatic N) is 1. The molecule has 0 rings (SSSR count). The smallest absolute Gasteiger partial charge is 0.317 e. The van der Waals surface area contributed by atoms with Gasteiger partial charge in [0, 0.05) is 0 Å². The molecule has 0 aromatic rings. The van der Waals surface area contributed by atoms with Gasteiger partial charge in [0.25, 0.3) is 0 Å². The van der Waals surface area contributed by atoms with Crippen LogP contribution in [0.5, 0.6) is 0 Å². The average Bonchev–Trinajstić information content (AvgIpc) is 1.90. The minimum Gasteiger partial charge on any atom is -0.326 e. The first-order chi connectivity index (χ1) is 4.70. The van der Waals surface area contributed by atoms with Gasteiger partial charge in [-0.2, -0.15) is 0 Å². The van der Waals surface area contributed by atoms with E-state index in [1.807, 2.05) is 18.7 Å². The lowest BCUT2D eigenvalue weighted by Gasteiger charge is -2.15. The van der Waals surface area contributed by atoms with Crippen LogP contribution < -0.4 is 0 Å². The third-order valence-electron chi connectivity index (χ3n) is 1.27. The fourth-order valence-corrected chi connectivity index (χ4v) is 0.846. The van der Waals surface area contributed by atoms with E-state index in [2.05, 4.69) is 4.52 Å². The highest BCUT2D eigenvalue weighted by Crippen LogP contribution is 2.14. The van der Waals surface area contributed by atoms with Gasteiger partial charge in [-0.1, -0.05) is 13.8 Å². The summed E-state index contributed by atoms with van der Waals surface area (Å²) in [5.74, 6) is 0. The van der Waals surface area contributed by atoms with E-state index in [1.54, 1.807) is 0 Å². The van der Waals surface area contributed by atoms with Gasteiger partial charge in [-0.3, -0.25) is 14.0 Å².